The average Bonchev–Trinajstić information content (AvgIpc) is 3.43. The zero-order chi connectivity index (χ0) is 27.4. The second-order valence-electron chi connectivity index (χ2n) is 10.0. The summed E-state index contributed by atoms with van der Waals surface area (Å²) in [4.78, 5) is 19.9. The standard InChI is InChI=1S/C32H35N5OS/c1-4-25-14-8-9-15-27(25)34-29(38)17-19-36-31(30(35-32(36)39)28-16-10-11-18-33-28)26-20-22(2)37(23(26)3)21-24-12-6-5-7-13-24/h5-16,18,20,30-31H,4,17,19,21H2,1-3H3,(H,34,38)(H,35,39)/t30-,31-/m1/s1. The lowest BCUT2D eigenvalue weighted by Crippen LogP contribution is -2.33. The van der Waals surface area contributed by atoms with E-state index in [9.17, 15) is 4.79 Å². The third-order valence-corrected chi connectivity index (χ3v) is 7.92. The highest BCUT2D eigenvalue weighted by atomic mass is 32.1. The maximum Gasteiger partial charge on any atom is 0.226 e. The first-order chi connectivity index (χ1) is 19.0. The molecule has 1 amide bonds. The van der Waals surface area contributed by atoms with E-state index in [2.05, 4.69) is 76.2 Å². The predicted molar refractivity (Wildman–Crippen MR) is 161 cm³/mol. The number of hydrogen-bond donors (Lipinski definition) is 2. The van der Waals surface area contributed by atoms with Crippen LogP contribution in [0.25, 0.3) is 0 Å². The molecule has 6 nitrogen and oxygen atoms in total. The third kappa shape index (κ3) is 5.73. The molecule has 5 rings (SSSR count). The van der Waals surface area contributed by atoms with Gasteiger partial charge < -0.3 is 20.1 Å². The summed E-state index contributed by atoms with van der Waals surface area (Å²) in [6, 6.07) is 26.5. The SMILES string of the molecule is CCc1ccccc1NC(=O)CCN1C(=S)N[C@H](c2ccccn2)[C@H]1c1cc(C)n(Cc2ccccc2)c1C. The van der Waals surface area contributed by atoms with Gasteiger partial charge in [-0.1, -0.05) is 61.5 Å². The molecule has 0 aliphatic carbocycles. The van der Waals surface area contributed by atoms with Crippen LogP contribution < -0.4 is 10.6 Å². The molecule has 7 heteroatoms. The van der Waals surface area contributed by atoms with Gasteiger partial charge in [0.15, 0.2) is 5.11 Å². The number of aryl methyl sites for hydroxylation is 2. The molecule has 1 fully saturated rings. The van der Waals surface area contributed by atoms with Crippen LogP contribution in [0.1, 0.15) is 59.2 Å². The largest absolute Gasteiger partial charge is 0.352 e. The van der Waals surface area contributed by atoms with Crippen LogP contribution in [0.15, 0.2) is 85.1 Å². The Balaban J connectivity index is 1.43. The lowest BCUT2D eigenvalue weighted by Gasteiger charge is -2.28. The number of anilines is 1. The van der Waals surface area contributed by atoms with Gasteiger partial charge in [0.05, 0.1) is 17.8 Å². The minimum Gasteiger partial charge on any atom is -0.352 e. The van der Waals surface area contributed by atoms with Gasteiger partial charge in [-0.3, -0.25) is 9.78 Å². The zero-order valence-corrected chi connectivity index (χ0v) is 23.5. The van der Waals surface area contributed by atoms with E-state index in [4.69, 9.17) is 12.2 Å². The van der Waals surface area contributed by atoms with Crippen LogP contribution in [0.5, 0.6) is 0 Å². The van der Waals surface area contributed by atoms with Crippen LogP contribution >= 0.6 is 12.2 Å². The number of para-hydroxylation sites is 1. The molecule has 3 heterocycles. The van der Waals surface area contributed by atoms with Gasteiger partial charge in [0.2, 0.25) is 5.91 Å². The van der Waals surface area contributed by atoms with Crippen LogP contribution in [-0.2, 0) is 17.8 Å². The monoisotopic (exact) mass is 537 g/mol. The number of carbonyl (C=O) groups excluding carboxylic acids is 1. The van der Waals surface area contributed by atoms with Crippen molar-refractivity contribution in [2.24, 2.45) is 0 Å². The van der Waals surface area contributed by atoms with Crippen molar-refractivity contribution >= 4 is 28.9 Å². The summed E-state index contributed by atoms with van der Waals surface area (Å²) in [5, 5.41) is 7.27. The molecule has 4 aromatic rings. The Morgan fingerprint density at radius 3 is 2.51 bits per heavy atom. The van der Waals surface area contributed by atoms with Crippen molar-refractivity contribution in [3.63, 3.8) is 0 Å². The maximum atomic E-state index is 13.0. The molecule has 2 aromatic heterocycles. The van der Waals surface area contributed by atoms with Crippen molar-refractivity contribution < 1.29 is 4.79 Å². The second kappa shape index (κ2) is 11.8. The average molecular weight is 538 g/mol. The Hall–Kier alpha value is -3.97. The lowest BCUT2D eigenvalue weighted by molar-refractivity contribution is -0.116. The number of thiocarbonyl (C=S) groups is 1. The molecule has 0 spiro atoms. The van der Waals surface area contributed by atoms with Crippen LogP contribution in [0.2, 0.25) is 0 Å². The molecule has 2 atom stereocenters. The Morgan fingerprint density at radius 1 is 1.03 bits per heavy atom. The smallest absolute Gasteiger partial charge is 0.226 e. The number of carbonyl (C=O) groups is 1. The number of aromatic nitrogens is 2. The Morgan fingerprint density at radius 2 is 1.77 bits per heavy atom. The minimum atomic E-state index is -0.117. The number of rotatable bonds is 9. The van der Waals surface area contributed by atoms with E-state index in [0.29, 0.717) is 18.1 Å². The number of amides is 1. The van der Waals surface area contributed by atoms with E-state index >= 15 is 0 Å². The van der Waals surface area contributed by atoms with Crippen molar-refractivity contribution in [1.82, 2.24) is 19.8 Å². The normalized spacial score (nSPS) is 16.8. The van der Waals surface area contributed by atoms with E-state index in [1.54, 1.807) is 0 Å². The molecule has 0 radical (unpaired) electrons. The quantitative estimate of drug-likeness (QED) is 0.252. The third-order valence-electron chi connectivity index (χ3n) is 7.56. The highest BCUT2D eigenvalue weighted by Crippen LogP contribution is 2.41. The van der Waals surface area contributed by atoms with Crippen molar-refractivity contribution in [1.29, 1.82) is 0 Å². The summed E-state index contributed by atoms with van der Waals surface area (Å²) in [5.41, 5.74) is 7.78. The fourth-order valence-corrected chi connectivity index (χ4v) is 5.84. The van der Waals surface area contributed by atoms with E-state index in [1.807, 2.05) is 54.7 Å². The number of pyridine rings is 1. The predicted octanol–water partition coefficient (Wildman–Crippen LogP) is 6.11. The summed E-state index contributed by atoms with van der Waals surface area (Å²) in [7, 11) is 0. The highest BCUT2D eigenvalue weighted by Gasteiger charge is 2.41. The molecular formula is C32H35N5OS. The molecule has 0 bridgehead atoms. The van der Waals surface area contributed by atoms with Crippen molar-refractivity contribution in [2.45, 2.75) is 52.2 Å². The van der Waals surface area contributed by atoms with Gasteiger partial charge in [0, 0.05) is 42.8 Å². The lowest BCUT2D eigenvalue weighted by atomic mass is 9.96. The van der Waals surface area contributed by atoms with Crippen LogP contribution in [0.3, 0.4) is 0 Å². The zero-order valence-electron chi connectivity index (χ0n) is 22.7. The Kier molecular flexibility index (Phi) is 8.07. The van der Waals surface area contributed by atoms with Crippen molar-refractivity contribution in [3.05, 3.63) is 119 Å². The fourth-order valence-electron chi connectivity index (χ4n) is 5.51. The van der Waals surface area contributed by atoms with Crippen LogP contribution in [0.4, 0.5) is 5.69 Å². The van der Waals surface area contributed by atoms with E-state index < -0.39 is 0 Å². The summed E-state index contributed by atoms with van der Waals surface area (Å²) in [6.45, 7) is 7.72. The van der Waals surface area contributed by atoms with Crippen molar-refractivity contribution in [2.75, 3.05) is 11.9 Å². The molecule has 39 heavy (non-hydrogen) atoms. The summed E-state index contributed by atoms with van der Waals surface area (Å²) in [6.07, 6.45) is 3.01. The van der Waals surface area contributed by atoms with E-state index in [-0.39, 0.29) is 18.0 Å². The number of nitrogens with zero attached hydrogens (tertiary/aromatic N) is 3. The molecule has 200 valence electrons. The summed E-state index contributed by atoms with van der Waals surface area (Å²) < 4.78 is 2.36. The molecule has 0 unspecified atom stereocenters. The second-order valence-corrected chi connectivity index (χ2v) is 10.4. The number of hydrogen-bond acceptors (Lipinski definition) is 3. The fraction of sp³-hybridized carbons (Fsp3) is 0.281. The number of nitrogens with one attached hydrogen (secondary N) is 2. The summed E-state index contributed by atoms with van der Waals surface area (Å²) in [5.74, 6) is -0.0201. The van der Waals surface area contributed by atoms with Gasteiger partial charge >= 0.3 is 0 Å². The first-order valence-electron chi connectivity index (χ1n) is 13.5. The van der Waals surface area contributed by atoms with Gasteiger partial charge in [-0.05, 0) is 73.4 Å². The van der Waals surface area contributed by atoms with Crippen LogP contribution in [0, 0.1) is 13.8 Å². The topological polar surface area (TPSA) is 62.2 Å². The van der Waals surface area contributed by atoms with E-state index in [1.165, 1.54) is 22.5 Å². The first-order valence-corrected chi connectivity index (χ1v) is 13.9. The van der Waals surface area contributed by atoms with Crippen molar-refractivity contribution in [3.8, 4) is 0 Å². The summed E-state index contributed by atoms with van der Waals surface area (Å²) >= 11 is 5.85. The van der Waals surface area contributed by atoms with Gasteiger partial charge in [-0.25, -0.2) is 0 Å². The van der Waals surface area contributed by atoms with E-state index in [0.717, 1.165) is 29.9 Å². The molecule has 0 saturated carbocycles. The molecule has 1 aliphatic heterocycles. The first kappa shape index (κ1) is 26.6. The van der Waals surface area contributed by atoms with Gasteiger partial charge in [-0.2, -0.15) is 0 Å². The van der Waals surface area contributed by atoms with Gasteiger partial charge in [0.1, 0.15) is 0 Å². The highest BCUT2D eigenvalue weighted by molar-refractivity contribution is 7.80. The Labute approximate surface area is 236 Å². The Bertz CT molecular complexity index is 1450. The molecule has 2 aromatic carbocycles. The molecular weight excluding hydrogens is 502 g/mol. The van der Waals surface area contributed by atoms with Gasteiger partial charge in [-0.15, -0.1) is 0 Å². The molecule has 1 aliphatic rings. The van der Waals surface area contributed by atoms with Gasteiger partial charge in [0.25, 0.3) is 0 Å². The minimum absolute atomic E-state index is 0.0201. The molecule has 1 saturated heterocycles. The number of benzene rings is 2. The maximum absolute atomic E-state index is 13.0. The van der Waals surface area contributed by atoms with Crippen LogP contribution in [-0.4, -0.2) is 32.0 Å². The molecule has 2 N–H and O–H groups in total.